The number of fused-ring (bicyclic) bond motifs is 1. The molecule has 0 radical (unpaired) electrons. The van der Waals surface area contributed by atoms with Crippen molar-refractivity contribution in [1.29, 1.82) is 0 Å². The number of nitrogens with two attached hydrogens (primary N) is 1. The molecule has 2 heterocycles. The highest BCUT2D eigenvalue weighted by Gasteiger charge is 2.11. The Labute approximate surface area is 126 Å². The predicted molar refractivity (Wildman–Crippen MR) is 82.1 cm³/mol. The lowest BCUT2D eigenvalue weighted by Crippen LogP contribution is -2.05. The molecule has 102 valence electrons. The molecule has 0 saturated carbocycles. The van der Waals surface area contributed by atoms with E-state index in [0.717, 1.165) is 24.0 Å². The van der Waals surface area contributed by atoms with Gasteiger partial charge >= 0.3 is 0 Å². The highest BCUT2D eigenvalue weighted by Crippen LogP contribution is 2.29. The lowest BCUT2D eigenvalue weighted by molar-refractivity contribution is 0.725. The third-order valence-corrected chi connectivity index (χ3v) is 3.92. The first-order valence-electron chi connectivity index (χ1n) is 6.15. The Balaban J connectivity index is 1.95. The van der Waals surface area contributed by atoms with Gasteiger partial charge in [0.25, 0.3) is 0 Å². The Morgan fingerprint density at radius 2 is 1.80 bits per heavy atom. The number of aryl methyl sites for hydroxylation is 2. The number of nitrogens with zero attached hydrogens (tertiary/aromatic N) is 3. The summed E-state index contributed by atoms with van der Waals surface area (Å²) in [5, 5.41) is 0.988. The standard InChI is InChI=1S/C14H12Cl2N4/c15-10-7-12-13(8-11(10)16)20(14(17)19-12)6-3-9-1-4-18-5-2-9/h1-2,4-5,7-8H,3,6H2,(H2,17,19). The summed E-state index contributed by atoms with van der Waals surface area (Å²) >= 11 is 12.1. The fourth-order valence-corrected chi connectivity index (χ4v) is 2.48. The second-order valence-electron chi connectivity index (χ2n) is 4.48. The molecule has 0 spiro atoms. The quantitative estimate of drug-likeness (QED) is 0.805. The van der Waals surface area contributed by atoms with Crippen molar-refractivity contribution in [3.05, 3.63) is 52.3 Å². The molecule has 0 atom stereocenters. The summed E-state index contributed by atoms with van der Waals surface area (Å²) in [4.78, 5) is 8.32. The van der Waals surface area contributed by atoms with E-state index < -0.39 is 0 Å². The molecule has 0 bridgehead atoms. The molecule has 0 aliphatic heterocycles. The largest absolute Gasteiger partial charge is 0.369 e. The van der Waals surface area contributed by atoms with Gasteiger partial charge in [-0.15, -0.1) is 0 Å². The molecule has 3 rings (SSSR count). The molecule has 0 unspecified atom stereocenters. The SMILES string of the molecule is Nc1nc2cc(Cl)c(Cl)cc2n1CCc1ccncc1. The van der Waals surface area contributed by atoms with Crippen molar-refractivity contribution in [1.82, 2.24) is 14.5 Å². The molecule has 0 amide bonds. The molecule has 1 aromatic carbocycles. The molecule has 4 nitrogen and oxygen atoms in total. The van der Waals surface area contributed by atoms with Crippen molar-refractivity contribution in [2.75, 3.05) is 5.73 Å². The normalized spacial score (nSPS) is 11.1. The van der Waals surface area contributed by atoms with Crippen LogP contribution in [0.2, 0.25) is 10.0 Å². The van der Waals surface area contributed by atoms with E-state index in [1.165, 1.54) is 5.56 Å². The van der Waals surface area contributed by atoms with Crippen molar-refractivity contribution in [2.45, 2.75) is 13.0 Å². The molecule has 20 heavy (non-hydrogen) atoms. The van der Waals surface area contributed by atoms with Crippen molar-refractivity contribution >= 4 is 40.2 Å². The number of nitrogen functional groups attached to an aromatic ring is 1. The van der Waals surface area contributed by atoms with E-state index in [0.29, 0.717) is 16.0 Å². The summed E-state index contributed by atoms with van der Waals surface area (Å²) in [6.45, 7) is 0.726. The number of anilines is 1. The first kappa shape index (κ1) is 13.2. The minimum atomic E-state index is 0.465. The average Bonchev–Trinajstić information content (AvgIpc) is 2.73. The van der Waals surface area contributed by atoms with Crippen LogP contribution in [-0.2, 0) is 13.0 Å². The Bertz CT molecular complexity index is 753. The van der Waals surface area contributed by atoms with Crippen molar-refractivity contribution in [3.8, 4) is 0 Å². The van der Waals surface area contributed by atoms with Gasteiger partial charge in [0.1, 0.15) is 0 Å². The van der Waals surface area contributed by atoms with Crippen LogP contribution in [0.5, 0.6) is 0 Å². The van der Waals surface area contributed by atoms with Gasteiger partial charge < -0.3 is 10.3 Å². The Morgan fingerprint density at radius 1 is 1.10 bits per heavy atom. The van der Waals surface area contributed by atoms with E-state index in [9.17, 15) is 0 Å². The van der Waals surface area contributed by atoms with Gasteiger partial charge in [-0.25, -0.2) is 4.98 Å². The maximum atomic E-state index is 6.06. The minimum absolute atomic E-state index is 0.465. The lowest BCUT2D eigenvalue weighted by Gasteiger charge is -2.07. The maximum absolute atomic E-state index is 6.06. The van der Waals surface area contributed by atoms with Gasteiger partial charge in [0.05, 0.1) is 21.1 Å². The van der Waals surface area contributed by atoms with E-state index in [1.807, 2.05) is 16.7 Å². The zero-order chi connectivity index (χ0) is 14.1. The Hall–Kier alpha value is -1.78. The average molecular weight is 307 g/mol. The van der Waals surface area contributed by atoms with E-state index >= 15 is 0 Å². The third-order valence-electron chi connectivity index (χ3n) is 3.19. The van der Waals surface area contributed by atoms with Gasteiger partial charge in [0.15, 0.2) is 0 Å². The van der Waals surface area contributed by atoms with Gasteiger partial charge in [-0.3, -0.25) is 4.98 Å². The van der Waals surface area contributed by atoms with Gasteiger partial charge in [0.2, 0.25) is 5.95 Å². The van der Waals surface area contributed by atoms with E-state index in [-0.39, 0.29) is 0 Å². The molecule has 0 fully saturated rings. The van der Waals surface area contributed by atoms with Crippen LogP contribution in [-0.4, -0.2) is 14.5 Å². The number of halogens is 2. The summed E-state index contributed by atoms with van der Waals surface area (Å²) in [6, 6.07) is 7.51. The molecule has 0 saturated heterocycles. The molecule has 0 aliphatic carbocycles. The minimum Gasteiger partial charge on any atom is -0.369 e. The fraction of sp³-hybridized carbons (Fsp3) is 0.143. The maximum Gasteiger partial charge on any atom is 0.201 e. The number of aromatic nitrogens is 3. The number of hydrogen-bond acceptors (Lipinski definition) is 3. The number of hydrogen-bond donors (Lipinski definition) is 1. The summed E-state index contributed by atoms with van der Waals surface area (Å²) in [6.07, 6.45) is 4.40. The first-order chi connectivity index (χ1) is 9.65. The van der Waals surface area contributed by atoms with Crippen LogP contribution in [0.1, 0.15) is 5.56 Å². The second kappa shape index (κ2) is 5.31. The monoisotopic (exact) mass is 306 g/mol. The zero-order valence-corrected chi connectivity index (χ0v) is 12.1. The predicted octanol–water partition coefficient (Wildman–Crippen LogP) is 3.56. The van der Waals surface area contributed by atoms with E-state index in [2.05, 4.69) is 9.97 Å². The van der Waals surface area contributed by atoms with Crippen molar-refractivity contribution in [2.24, 2.45) is 0 Å². The molecular formula is C14H12Cl2N4. The van der Waals surface area contributed by atoms with Crippen LogP contribution in [0.4, 0.5) is 5.95 Å². The number of benzene rings is 1. The van der Waals surface area contributed by atoms with Crippen LogP contribution in [0.15, 0.2) is 36.7 Å². The van der Waals surface area contributed by atoms with Gasteiger partial charge in [0, 0.05) is 18.9 Å². The summed E-state index contributed by atoms with van der Waals surface area (Å²) < 4.78 is 1.94. The molecule has 0 aliphatic rings. The molecule has 2 N–H and O–H groups in total. The first-order valence-corrected chi connectivity index (χ1v) is 6.90. The van der Waals surface area contributed by atoms with E-state index in [4.69, 9.17) is 28.9 Å². The van der Waals surface area contributed by atoms with Gasteiger partial charge in [-0.2, -0.15) is 0 Å². The highest BCUT2D eigenvalue weighted by atomic mass is 35.5. The Morgan fingerprint density at radius 3 is 2.55 bits per heavy atom. The van der Waals surface area contributed by atoms with Gasteiger partial charge in [-0.05, 0) is 36.2 Å². The number of rotatable bonds is 3. The van der Waals surface area contributed by atoms with Crippen LogP contribution in [0.25, 0.3) is 11.0 Å². The fourth-order valence-electron chi connectivity index (χ4n) is 2.16. The van der Waals surface area contributed by atoms with Crippen LogP contribution in [0.3, 0.4) is 0 Å². The Kier molecular flexibility index (Phi) is 3.51. The summed E-state index contributed by atoms with van der Waals surface area (Å²) in [7, 11) is 0. The molecule has 3 aromatic rings. The molecule has 6 heteroatoms. The van der Waals surface area contributed by atoms with Crippen molar-refractivity contribution < 1.29 is 0 Å². The zero-order valence-electron chi connectivity index (χ0n) is 10.6. The number of imidazole rings is 1. The topological polar surface area (TPSA) is 56.7 Å². The summed E-state index contributed by atoms with van der Waals surface area (Å²) in [5.74, 6) is 0.465. The van der Waals surface area contributed by atoms with Crippen LogP contribution < -0.4 is 5.73 Å². The lowest BCUT2D eigenvalue weighted by atomic mass is 10.2. The molecule has 2 aromatic heterocycles. The van der Waals surface area contributed by atoms with Crippen LogP contribution >= 0.6 is 23.2 Å². The highest BCUT2D eigenvalue weighted by molar-refractivity contribution is 6.42. The smallest absolute Gasteiger partial charge is 0.201 e. The van der Waals surface area contributed by atoms with Crippen LogP contribution in [0, 0.1) is 0 Å². The second-order valence-corrected chi connectivity index (χ2v) is 5.30. The third kappa shape index (κ3) is 2.44. The van der Waals surface area contributed by atoms with Gasteiger partial charge in [-0.1, -0.05) is 23.2 Å². The summed E-state index contributed by atoms with van der Waals surface area (Å²) in [5.41, 5.74) is 8.82. The number of pyridine rings is 1. The molecular weight excluding hydrogens is 295 g/mol. The van der Waals surface area contributed by atoms with E-state index in [1.54, 1.807) is 24.5 Å². The van der Waals surface area contributed by atoms with Crippen molar-refractivity contribution in [3.63, 3.8) is 0 Å².